The summed E-state index contributed by atoms with van der Waals surface area (Å²) in [6.45, 7) is 2.26. The maximum absolute atomic E-state index is 10.9. The van der Waals surface area contributed by atoms with Gasteiger partial charge in [0.25, 0.3) is 0 Å². The first kappa shape index (κ1) is 21.4. The average molecular weight is 314 g/mol. The molecule has 0 aromatic heterocycles. The monoisotopic (exact) mass is 313 g/mol. The van der Waals surface area contributed by atoms with Crippen molar-refractivity contribution in [3.05, 3.63) is 0 Å². The summed E-state index contributed by atoms with van der Waals surface area (Å²) in [6.07, 6.45) is 18.2. The van der Waals surface area contributed by atoms with E-state index in [4.69, 9.17) is 5.73 Å². The van der Waals surface area contributed by atoms with Crippen molar-refractivity contribution in [3.63, 3.8) is 0 Å². The molecule has 0 amide bonds. The van der Waals surface area contributed by atoms with Crippen molar-refractivity contribution in [1.29, 1.82) is 0 Å². The SMILES string of the molecule is CCCCCCCCCC(N)CCCCCCCC(=O)OC. The molecule has 0 aliphatic carbocycles. The highest BCUT2D eigenvalue weighted by Crippen LogP contribution is 2.13. The minimum atomic E-state index is -0.0864. The fourth-order valence-corrected chi connectivity index (χ4v) is 2.82. The van der Waals surface area contributed by atoms with Crippen LogP contribution in [0.4, 0.5) is 0 Å². The van der Waals surface area contributed by atoms with Crippen LogP contribution in [-0.4, -0.2) is 19.1 Å². The van der Waals surface area contributed by atoms with Crippen molar-refractivity contribution >= 4 is 5.97 Å². The Kier molecular flexibility index (Phi) is 16.4. The molecule has 1 unspecified atom stereocenters. The third-order valence-corrected chi connectivity index (χ3v) is 4.36. The highest BCUT2D eigenvalue weighted by atomic mass is 16.5. The number of hydrogen-bond acceptors (Lipinski definition) is 3. The second kappa shape index (κ2) is 16.8. The highest BCUT2D eigenvalue weighted by molar-refractivity contribution is 5.68. The highest BCUT2D eigenvalue weighted by Gasteiger charge is 2.03. The van der Waals surface area contributed by atoms with E-state index in [-0.39, 0.29) is 5.97 Å². The molecule has 0 saturated carbocycles. The van der Waals surface area contributed by atoms with Gasteiger partial charge in [0.1, 0.15) is 0 Å². The first-order chi connectivity index (χ1) is 10.7. The van der Waals surface area contributed by atoms with Crippen LogP contribution < -0.4 is 5.73 Å². The van der Waals surface area contributed by atoms with Crippen molar-refractivity contribution < 1.29 is 9.53 Å². The first-order valence-electron chi connectivity index (χ1n) is 9.53. The summed E-state index contributed by atoms with van der Waals surface area (Å²) in [6, 6.07) is 0.394. The predicted octanol–water partition coefficient (Wildman–Crippen LogP) is 5.36. The van der Waals surface area contributed by atoms with Gasteiger partial charge >= 0.3 is 5.97 Å². The maximum Gasteiger partial charge on any atom is 0.305 e. The first-order valence-corrected chi connectivity index (χ1v) is 9.53. The zero-order chi connectivity index (χ0) is 16.5. The molecule has 0 rings (SSSR count). The standard InChI is InChI=1S/C19H39NO2/c1-3-4-5-6-7-9-12-15-18(20)16-13-10-8-11-14-17-19(21)22-2/h18H,3-17,20H2,1-2H3. The van der Waals surface area contributed by atoms with Crippen LogP contribution in [0.1, 0.15) is 103 Å². The fraction of sp³-hybridized carbons (Fsp3) is 0.947. The number of hydrogen-bond donors (Lipinski definition) is 1. The molecule has 0 aliphatic heterocycles. The Labute approximate surface area is 138 Å². The lowest BCUT2D eigenvalue weighted by Crippen LogP contribution is -2.19. The number of ether oxygens (including phenoxy) is 1. The zero-order valence-electron chi connectivity index (χ0n) is 15.1. The Morgan fingerprint density at radius 3 is 1.77 bits per heavy atom. The van der Waals surface area contributed by atoms with Gasteiger partial charge in [-0.3, -0.25) is 4.79 Å². The van der Waals surface area contributed by atoms with Crippen LogP contribution in [0.25, 0.3) is 0 Å². The molecule has 0 bridgehead atoms. The van der Waals surface area contributed by atoms with E-state index < -0.39 is 0 Å². The molecule has 1 atom stereocenters. The van der Waals surface area contributed by atoms with Crippen molar-refractivity contribution in [2.24, 2.45) is 5.73 Å². The predicted molar refractivity (Wildman–Crippen MR) is 94.9 cm³/mol. The maximum atomic E-state index is 10.9. The smallest absolute Gasteiger partial charge is 0.305 e. The van der Waals surface area contributed by atoms with E-state index in [2.05, 4.69) is 11.7 Å². The Morgan fingerprint density at radius 2 is 1.27 bits per heavy atom. The summed E-state index contributed by atoms with van der Waals surface area (Å²) in [5, 5.41) is 0. The van der Waals surface area contributed by atoms with E-state index in [1.54, 1.807) is 0 Å². The fourth-order valence-electron chi connectivity index (χ4n) is 2.82. The van der Waals surface area contributed by atoms with Gasteiger partial charge in [-0.2, -0.15) is 0 Å². The summed E-state index contributed by atoms with van der Waals surface area (Å²) < 4.78 is 4.63. The molecular weight excluding hydrogens is 274 g/mol. The van der Waals surface area contributed by atoms with Gasteiger partial charge in [0.15, 0.2) is 0 Å². The van der Waals surface area contributed by atoms with E-state index >= 15 is 0 Å². The summed E-state index contributed by atoms with van der Waals surface area (Å²) in [7, 11) is 1.45. The zero-order valence-corrected chi connectivity index (χ0v) is 15.1. The topological polar surface area (TPSA) is 52.3 Å². The van der Waals surface area contributed by atoms with Gasteiger partial charge in [0.2, 0.25) is 0 Å². The van der Waals surface area contributed by atoms with Crippen molar-refractivity contribution in [1.82, 2.24) is 0 Å². The summed E-state index contributed by atoms with van der Waals surface area (Å²) >= 11 is 0. The lowest BCUT2D eigenvalue weighted by Gasteiger charge is -2.11. The van der Waals surface area contributed by atoms with Crippen LogP contribution in [0.2, 0.25) is 0 Å². The molecule has 2 N–H and O–H groups in total. The van der Waals surface area contributed by atoms with Gasteiger partial charge in [0.05, 0.1) is 7.11 Å². The summed E-state index contributed by atoms with van der Waals surface area (Å²) in [4.78, 5) is 10.9. The molecule has 3 heteroatoms. The number of carbonyl (C=O) groups is 1. The number of nitrogens with two attached hydrogens (primary N) is 1. The van der Waals surface area contributed by atoms with Gasteiger partial charge in [-0.25, -0.2) is 0 Å². The Bertz CT molecular complexity index is 244. The number of methoxy groups -OCH3 is 1. The molecule has 0 saturated heterocycles. The van der Waals surface area contributed by atoms with E-state index in [0.717, 1.165) is 19.3 Å². The van der Waals surface area contributed by atoms with Crippen molar-refractivity contribution in [2.45, 2.75) is 109 Å². The van der Waals surface area contributed by atoms with E-state index in [1.807, 2.05) is 0 Å². The van der Waals surface area contributed by atoms with Crippen LogP contribution in [0.3, 0.4) is 0 Å². The number of carbonyl (C=O) groups excluding carboxylic acids is 1. The molecule has 0 aliphatic rings. The minimum Gasteiger partial charge on any atom is -0.469 e. The van der Waals surface area contributed by atoms with Crippen LogP contribution in [0.5, 0.6) is 0 Å². The van der Waals surface area contributed by atoms with Gasteiger partial charge in [-0.15, -0.1) is 0 Å². The lowest BCUT2D eigenvalue weighted by atomic mass is 10.0. The van der Waals surface area contributed by atoms with Gasteiger partial charge in [0, 0.05) is 12.5 Å². The number of rotatable bonds is 16. The van der Waals surface area contributed by atoms with Gasteiger partial charge in [-0.05, 0) is 19.3 Å². The third kappa shape index (κ3) is 15.8. The number of unbranched alkanes of at least 4 members (excludes halogenated alkanes) is 10. The van der Waals surface area contributed by atoms with Crippen molar-refractivity contribution in [2.75, 3.05) is 7.11 Å². The molecule has 0 aromatic rings. The van der Waals surface area contributed by atoms with Crippen LogP contribution in [0.15, 0.2) is 0 Å². The Hall–Kier alpha value is -0.570. The van der Waals surface area contributed by atoms with Crippen LogP contribution in [0, 0.1) is 0 Å². The molecular formula is C19H39NO2. The molecule has 0 aromatic carbocycles. The quantitative estimate of drug-likeness (QED) is 0.308. The van der Waals surface area contributed by atoms with Crippen LogP contribution in [-0.2, 0) is 9.53 Å². The van der Waals surface area contributed by atoms with Crippen LogP contribution >= 0.6 is 0 Å². The minimum absolute atomic E-state index is 0.0864. The molecule has 0 heterocycles. The Morgan fingerprint density at radius 1 is 0.818 bits per heavy atom. The second-order valence-electron chi connectivity index (χ2n) is 6.55. The molecule has 0 spiro atoms. The van der Waals surface area contributed by atoms with Gasteiger partial charge < -0.3 is 10.5 Å². The lowest BCUT2D eigenvalue weighted by molar-refractivity contribution is -0.140. The van der Waals surface area contributed by atoms with Gasteiger partial charge in [-0.1, -0.05) is 77.6 Å². The van der Waals surface area contributed by atoms with E-state index in [9.17, 15) is 4.79 Å². The van der Waals surface area contributed by atoms with E-state index in [1.165, 1.54) is 77.7 Å². The molecule has 132 valence electrons. The summed E-state index contributed by atoms with van der Waals surface area (Å²) in [5.41, 5.74) is 6.17. The molecule has 3 nitrogen and oxygen atoms in total. The Balaban J connectivity index is 3.19. The average Bonchev–Trinajstić information content (AvgIpc) is 2.52. The third-order valence-electron chi connectivity index (χ3n) is 4.36. The second-order valence-corrected chi connectivity index (χ2v) is 6.55. The normalized spacial score (nSPS) is 12.3. The molecule has 22 heavy (non-hydrogen) atoms. The molecule has 0 radical (unpaired) electrons. The number of esters is 1. The largest absolute Gasteiger partial charge is 0.469 e. The summed E-state index contributed by atoms with van der Waals surface area (Å²) in [5.74, 6) is -0.0864. The molecule has 0 fully saturated rings. The van der Waals surface area contributed by atoms with E-state index in [0.29, 0.717) is 12.5 Å². The van der Waals surface area contributed by atoms with Crippen molar-refractivity contribution in [3.8, 4) is 0 Å².